The molecule has 22 heavy (non-hydrogen) atoms. The quantitative estimate of drug-likeness (QED) is 0.813. The smallest absolute Gasteiger partial charge is 0.0414 e. The van der Waals surface area contributed by atoms with Crippen molar-refractivity contribution in [3.63, 3.8) is 0 Å². The number of hydrogen-bond donors (Lipinski definition) is 1. The summed E-state index contributed by atoms with van der Waals surface area (Å²) < 4.78 is 0. The molecule has 1 saturated carbocycles. The maximum Gasteiger partial charge on any atom is 0.0414 e. The van der Waals surface area contributed by atoms with Crippen LogP contribution < -0.4 is 10.6 Å². The summed E-state index contributed by atoms with van der Waals surface area (Å²) in [5, 5.41) is 1.51. The summed E-state index contributed by atoms with van der Waals surface area (Å²) in [7, 11) is 0. The first kappa shape index (κ1) is 15.7. The Morgan fingerprint density at radius 2 is 1.14 bits per heavy atom. The van der Waals surface area contributed by atoms with Gasteiger partial charge in [0.1, 0.15) is 0 Å². The molecule has 1 aliphatic rings. The minimum Gasteiger partial charge on any atom is -0.338 e. The van der Waals surface area contributed by atoms with Gasteiger partial charge in [-0.25, -0.2) is 0 Å². The van der Waals surface area contributed by atoms with Crippen LogP contribution >= 0.6 is 23.2 Å². The van der Waals surface area contributed by atoms with Crippen molar-refractivity contribution in [3.8, 4) is 0 Å². The Morgan fingerprint density at radius 1 is 0.727 bits per heavy atom. The number of hydrogen-bond acceptors (Lipinski definition) is 2. The van der Waals surface area contributed by atoms with Crippen molar-refractivity contribution in [2.45, 2.75) is 37.8 Å². The largest absolute Gasteiger partial charge is 0.338 e. The van der Waals surface area contributed by atoms with Crippen LogP contribution in [0.25, 0.3) is 0 Å². The van der Waals surface area contributed by atoms with E-state index in [2.05, 4.69) is 29.2 Å². The Bertz CT molecular complexity index is 556. The molecule has 2 aromatic carbocycles. The Kier molecular flexibility index (Phi) is 4.92. The molecule has 0 aromatic heterocycles. The Balaban J connectivity index is 1.94. The summed E-state index contributed by atoms with van der Waals surface area (Å²) in [5.74, 6) is 0. The van der Waals surface area contributed by atoms with E-state index in [-0.39, 0.29) is 0 Å². The molecule has 0 saturated heterocycles. The van der Waals surface area contributed by atoms with Gasteiger partial charge in [-0.15, -0.1) is 0 Å². The van der Waals surface area contributed by atoms with Crippen molar-refractivity contribution in [2.75, 3.05) is 4.90 Å². The summed E-state index contributed by atoms with van der Waals surface area (Å²) in [4.78, 5) is 2.39. The first-order valence-electron chi connectivity index (χ1n) is 7.69. The molecule has 2 N–H and O–H groups in total. The lowest BCUT2D eigenvalue weighted by Crippen LogP contribution is -2.38. The van der Waals surface area contributed by atoms with Crippen molar-refractivity contribution in [1.29, 1.82) is 0 Å². The minimum absolute atomic E-state index is 0.341. The lowest BCUT2D eigenvalue weighted by atomic mass is 9.90. The third kappa shape index (κ3) is 3.57. The van der Waals surface area contributed by atoms with Crippen molar-refractivity contribution in [3.05, 3.63) is 58.6 Å². The SMILES string of the molecule is NC1CCC(N(c2ccc(Cl)cc2)c2ccc(Cl)cc2)CC1. The number of nitrogens with two attached hydrogens (primary N) is 1. The zero-order valence-corrected chi connectivity index (χ0v) is 13.9. The summed E-state index contributed by atoms with van der Waals surface area (Å²) >= 11 is 12.1. The first-order valence-corrected chi connectivity index (χ1v) is 8.45. The molecule has 0 radical (unpaired) electrons. The van der Waals surface area contributed by atoms with E-state index in [9.17, 15) is 0 Å². The van der Waals surface area contributed by atoms with Gasteiger partial charge in [0, 0.05) is 33.5 Å². The van der Waals surface area contributed by atoms with Crippen LogP contribution in [0.15, 0.2) is 48.5 Å². The lowest BCUT2D eigenvalue weighted by Gasteiger charge is -2.38. The van der Waals surface area contributed by atoms with E-state index < -0.39 is 0 Å². The number of nitrogens with zero attached hydrogens (tertiary/aromatic N) is 1. The standard InChI is InChI=1S/C18H20Cl2N2/c19-13-1-7-16(8-2-13)22(17-9-3-14(20)4-10-17)18-11-5-15(21)6-12-18/h1-4,7-10,15,18H,5-6,11-12,21H2. The number of anilines is 2. The molecule has 2 nitrogen and oxygen atoms in total. The molecule has 0 heterocycles. The van der Waals surface area contributed by atoms with Crippen molar-refractivity contribution < 1.29 is 0 Å². The molecule has 0 spiro atoms. The Labute approximate surface area is 141 Å². The van der Waals surface area contributed by atoms with Crippen molar-refractivity contribution in [2.24, 2.45) is 5.73 Å². The number of rotatable bonds is 3. The third-order valence-electron chi connectivity index (χ3n) is 4.32. The highest BCUT2D eigenvalue weighted by Crippen LogP contribution is 2.35. The molecule has 0 unspecified atom stereocenters. The zero-order chi connectivity index (χ0) is 15.5. The van der Waals surface area contributed by atoms with Crippen LogP contribution in [0.4, 0.5) is 11.4 Å². The van der Waals surface area contributed by atoms with Crippen LogP contribution in [0.1, 0.15) is 25.7 Å². The van der Waals surface area contributed by atoms with Gasteiger partial charge in [-0.1, -0.05) is 23.2 Å². The van der Waals surface area contributed by atoms with Crippen molar-refractivity contribution in [1.82, 2.24) is 0 Å². The van der Waals surface area contributed by atoms with E-state index >= 15 is 0 Å². The van der Waals surface area contributed by atoms with Crippen molar-refractivity contribution >= 4 is 34.6 Å². The molecule has 0 atom stereocenters. The van der Waals surface area contributed by atoms with Gasteiger partial charge in [-0.2, -0.15) is 0 Å². The topological polar surface area (TPSA) is 29.3 Å². The highest BCUT2D eigenvalue weighted by atomic mass is 35.5. The molecule has 1 aliphatic carbocycles. The molecule has 4 heteroatoms. The molecule has 3 rings (SSSR count). The maximum absolute atomic E-state index is 6.06. The Hall–Kier alpha value is -1.22. The average Bonchev–Trinajstić information content (AvgIpc) is 2.53. The minimum atomic E-state index is 0.341. The van der Waals surface area contributed by atoms with Gasteiger partial charge in [0.25, 0.3) is 0 Å². The van der Waals surface area contributed by atoms with Gasteiger partial charge >= 0.3 is 0 Å². The third-order valence-corrected chi connectivity index (χ3v) is 4.82. The number of halogens is 2. The summed E-state index contributed by atoms with van der Waals surface area (Å²) in [6.45, 7) is 0. The lowest BCUT2D eigenvalue weighted by molar-refractivity contribution is 0.391. The average molecular weight is 335 g/mol. The van der Waals surface area contributed by atoms with E-state index in [0.717, 1.165) is 47.1 Å². The molecular formula is C18H20Cl2N2. The van der Waals surface area contributed by atoms with E-state index in [4.69, 9.17) is 28.9 Å². The van der Waals surface area contributed by atoms with E-state index in [1.54, 1.807) is 0 Å². The molecule has 0 aliphatic heterocycles. The van der Waals surface area contributed by atoms with E-state index in [0.29, 0.717) is 12.1 Å². The van der Waals surface area contributed by atoms with Gasteiger partial charge < -0.3 is 10.6 Å². The van der Waals surface area contributed by atoms with Gasteiger partial charge in [-0.3, -0.25) is 0 Å². The summed E-state index contributed by atoms with van der Waals surface area (Å²) in [5.41, 5.74) is 8.38. The molecule has 2 aromatic rings. The summed E-state index contributed by atoms with van der Waals surface area (Å²) in [6.07, 6.45) is 4.35. The summed E-state index contributed by atoms with van der Waals surface area (Å²) in [6, 6.07) is 16.9. The fourth-order valence-electron chi connectivity index (χ4n) is 3.13. The maximum atomic E-state index is 6.06. The Morgan fingerprint density at radius 3 is 1.55 bits per heavy atom. The van der Waals surface area contributed by atoms with Crippen LogP contribution in [0.2, 0.25) is 10.0 Å². The highest BCUT2D eigenvalue weighted by Gasteiger charge is 2.25. The second-order valence-electron chi connectivity index (χ2n) is 5.89. The first-order chi connectivity index (χ1) is 10.6. The molecular weight excluding hydrogens is 315 g/mol. The second-order valence-corrected chi connectivity index (χ2v) is 6.76. The van der Waals surface area contributed by atoms with Crippen LogP contribution in [-0.4, -0.2) is 12.1 Å². The fraction of sp³-hybridized carbons (Fsp3) is 0.333. The van der Waals surface area contributed by atoms with Crippen LogP contribution in [-0.2, 0) is 0 Å². The molecule has 116 valence electrons. The highest BCUT2D eigenvalue weighted by molar-refractivity contribution is 6.31. The molecule has 1 fully saturated rings. The normalized spacial score (nSPS) is 21.6. The monoisotopic (exact) mass is 334 g/mol. The van der Waals surface area contributed by atoms with Gasteiger partial charge in [-0.05, 0) is 74.2 Å². The zero-order valence-electron chi connectivity index (χ0n) is 12.4. The van der Waals surface area contributed by atoms with E-state index in [1.807, 2.05) is 24.3 Å². The van der Waals surface area contributed by atoms with Gasteiger partial charge in [0.2, 0.25) is 0 Å². The van der Waals surface area contributed by atoms with Crippen LogP contribution in [0.5, 0.6) is 0 Å². The predicted octanol–water partition coefficient (Wildman–Crippen LogP) is 5.40. The van der Waals surface area contributed by atoms with Gasteiger partial charge in [0.15, 0.2) is 0 Å². The predicted molar refractivity (Wildman–Crippen MR) is 95.3 cm³/mol. The number of benzene rings is 2. The fourth-order valence-corrected chi connectivity index (χ4v) is 3.39. The molecule has 0 amide bonds. The van der Waals surface area contributed by atoms with Gasteiger partial charge in [0.05, 0.1) is 0 Å². The van der Waals surface area contributed by atoms with Crippen LogP contribution in [0, 0.1) is 0 Å². The van der Waals surface area contributed by atoms with E-state index in [1.165, 1.54) is 0 Å². The second kappa shape index (κ2) is 6.91. The molecule has 0 bridgehead atoms. The van der Waals surface area contributed by atoms with Crippen LogP contribution in [0.3, 0.4) is 0 Å².